The number of ether oxygens (including phenoxy) is 1. The Hall–Kier alpha value is -2.65. The summed E-state index contributed by atoms with van der Waals surface area (Å²) in [6.07, 6.45) is 2.22. The van der Waals surface area contributed by atoms with Crippen molar-refractivity contribution in [3.63, 3.8) is 0 Å². The number of fused-ring (bicyclic) bond motifs is 1. The molecule has 3 aromatic rings. The number of benzene rings is 1. The van der Waals surface area contributed by atoms with Crippen LogP contribution in [0.3, 0.4) is 0 Å². The fourth-order valence-corrected chi connectivity index (χ4v) is 5.22. The van der Waals surface area contributed by atoms with Gasteiger partial charge >= 0.3 is 0 Å². The van der Waals surface area contributed by atoms with Crippen molar-refractivity contribution in [3.8, 4) is 11.6 Å². The maximum Gasteiger partial charge on any atom is 0.235 e. The Morgan fingerprint density at radius 3 is 2.62 bits per heavy atom. The van der Waals surface area contributed by atoms with E-state index in [4.69, 9.17) is 10.5 Å². The summed E-state index contributed by atoms with van der Waals surface area (Å²) >= 11 is 1.47. The van der Waals surface area contributed by atoms with Crippen LogP contribution in [0, 0.1) is 5.92 Å². The van der Waals surface area contributed by atoms with Gasteiger partial charge in [0.2, 0.25) is 16.7 Å². The molecule has 1 amide bonds. The SMILES string of the molecule is CCc1nc2sc([C@@H](c3ccc(OC)cc3)[NH+]3CCC(C(N)=O)CC3)c(O)n2n1. The third kappa shape index (κ3) is 3.67. The van der Waals surface area contributed by atoms with E-state index in [2.05, 4.69) is 10.1 Å². The molecule has 29 heavy (non-hydrogen) atoms. The van der Waals surface area contributed by atoms with Gasteiger partial charge in [0.1, 0.15) is 10.6 Å². The summed E-state index contributed by atoms with van der Waals surface area (Å²) in [5, 5.41) is 15.4. The van der Waals surface area contributed by atoms with Gasteiger partial charge in [-0.2, -0.15) is 4.52 Å². The highest BCUT2D eigenvalue weighted by molar-refractivity contribution is 7.17. The number of amides is 1. The fourth-order valence-electron chi connectivity index (χ4n) is 4.06. The number of piperidine rings is 1. The molecule has 0 radical (unpaired) electrons. The van der Waals surface area contributed by atoms with Crippen molar-refractivity contribution >= 4 is 22.2 Å². The van der Waals surface area contributed by atoms with E-state index in [1.807, 2.05) is 31.2 Å². The topological polar surface area (TPSA) is 107 Å². The van der Waals surface area contributed by atoms with Crippen LogP contribution < -0.4 is 15.4 Å². The third-order valence-electron chi connectivity index (χ3n) is 5.71. The van der Waals surface area contributed by atoms with Gasteiger partial charge in [0.25, 0.3) is 0 Å². The summed E-state index contributed by atoms with van der Waals surface area (Å²) in [5.74, 6) is 1.35. The number of hydrogen-bond acceptors (Lipinski definition) is 6. The largest absolute Gasteiger partial charge is 0.497 e. The number of rotatable bonds is 6. The lowest BCUT2D eigenvalue weighted by molar-refractivity contribution is -0.930. The van der Waals surface area contributed by atoms with E-state index in [0.717, 1.165) is 48.5 Å². The molecule has 4 N–H and O–H groups in total. The van der Waals surface area contributed by atoms with Crippen molar-refractivity contribution in [1.82, 2.24) is 14.6 Å². The van der Waals surface area contributed by atoms with Crippen LogP contribution in [0.4, 0.5) is 0 Å². The molecule has 0 bridgehead atoms. The number of primary amides is 1. The zero-order chi connectivity index (χ0) is 20.5. The number of nitrogens with two attached hydrogens (primary N) is 1. The van der Waals surface area contributed by atoms with Gasteiger partial charge < -0.3 is 20.5 Å². The predicted octanol–water partition coefficient (Wildman–Crippen LogP) is 0.937. The molecule has 8 nitrogen and oxygen atoms in total. The highest BCUT2D eigenvalue weighted by atomic mass is 32.1. The molecule has 1 aliphatic heterocycles. The van der Waals surface area contributed by atoms with Crippen LogP contribution >= 0.6 is 11.3 Å². The summed E-state index contributed by atoms with van der Waals surface area (Å²) in [6, 6.07) is 7.85. The minimum atomic E-state index is -0.223. The summed E-state index contributed by atoms with van der Waals surface area (Å²) < 4.78 is 6.83. The average Bonchev–Trinajstić information content (AvgIpc) is 3.28. The van der Waals surface area contributed by atoms with E-state index in [9.17, 15) is 9.90 Å². The van der Waals surface area contributed by atoms with Crippen molar-refractivity contribution in [2.75, 3.05) is 20.2 Å². The first-order chi connectivity index (χ1) is 14.0. The number of aryl methyl sites for hydroxylation is 1. The predicted molar refractivity (Wildman–Crippen MR) is 109 cm³/mol. The third-order valence-corrected chi connectivity index (χ3v) is 6.79. The summed E-state index contributed by atoms with van der Waals surface area (Å²) in [6.45, 7) is 3.60. The van der Waals surface area contributed by atoms with E-state index in [0.29, 0.717) is 10.8 Å². The molecule has 0 unspecified atom stereocenters. The number of carbonyl (C=O) groups is 1. The van der Waals surface area contributed by atoms with Crippen molar-refractivity contribution in [3.05, 3.63) is 40.5 Å². The van der Waals surface area contributed by atoms with Crippen LogP contribution in [0.5, 0.6) is 11.6 Å². The first-order valence-corrected chi connectivity index (χ1v) is 10.7. The molecule has 2 aromatic heterocycles. The Kier molecular flexibility index (Phi) is 5.42. The van der Waals surface area contributed by atoms with Crippen LogP contribution in [0.25, 0.3) is 4.96 Å². The number of nitrogens with zero attached hydrogens (tertiary/aromatic N) is 3. The van der Waals surface area contributed by atoms with Gasteiger partial charge in [-0.05, 0) is 24.3 Å². The Bertz CT molecular complexity index is 1010. The summed E-state index contributed by atoms with van der Waals surface area (Å²) in [5.41, 5.74) is 6.59. The van der Waals surface area contributed by atoms with Crippen molar-refractivity contribution in [1.29, 1.82) is 0 Å². The molecule has 1 fully saturated rings. The molecule has 3 heterocycles. The van der Waals surface area contributed by atoms with Gasteiger partial charge in [0.15, 0.2) is 11.9 Å². The highest BCUT2D eigenvalue weighted by Gasteiger charge is 2.36. The van der Waals surface area contributed by atoms with Gasteiger partial charge in [0.05, 0.1) is 20.2 Å². The highest BCUT2D eigenvalue weighted by Crippen LogP contribution is 2.36. The van der Waals surface area contributed by atoms with Crippen LogP contribution in [0.1, 0.15) is 42.1 Å². The number of aromatic hydroxyl groups is 1. The standard InChI is InChI=1S/C20H25N5O3S/c1-3-15-22-20-25(23-15)19(27)17(29-20)16(12-4-6-14(28-2)7-5-12)24-10-8-13(9-11-24)18(21)26/h4-7,13,16,27H,3,8-11H2,1-2H3,(H2,21,26)/p+1/t16-/m1/s1. The molecule has 154 valence electrons. The quantitative estimate of drug-likeness (QED) is 0.554. The maximum atomic E-state index is 11.6. The van der Waals surface area contributed by atoms with Crippen LogP contribution in [0.2, 0.25) is 0 Å². The Balaban J connectivity index is 1.73. The monoisotopic (exact) mass is 416 g/mol. The Morgan fingerprint density at radius 2 is 2.07 bits per heavy atom. The van der Waals surface area contributed by atoms with Gasteiger partial charge in [-0.1, -0.05) is 18.3 Å². The minimum absolute atomic E-state index is 0.0710. The first-order valence-electron chi connectivity index (χ1n) is 9.87. The lowest BCUT2D eigenvalue weighted by Gasteiger charge is -2.33. The molecular formula is C20H26N5O3S+. The van der Waals surface area contributed by atoms with E-state index < -0.39 is 0 Å². The molecule has 1 atom stereocenters. The summed E-state index contributed by atoms with van der Waals surface area (Å²) in [4.78, 5) is 18.9. The second-order valence-electron chi connectivity index (χ2n) is 7.41. The van der Waals surface area contributed by atoms with Crippen molar-refractivity contribution in [2.24, 2.45) is 11.7 Å². The molecule has 0 saturated carbocycles. The second-order valence-corrected chi connectivity index (χ2v) is 8.42. The molecule has 0 spiro atoms. The minimum Gasteiger partial charge on any atom is -0.497 e. The van der Waals surface area contributed by atoms with Crippen LogP contribution in [0.15, 0.2) is 24.3 Å². The van der Waals surface area contributed by atoms with Gasteiger partial charge in [0, 0.05) is 30.7 Å². The van der Waals surface area contributed by atoms with Crippen LogP contribution in [-0.2, 0) is 11.2 Å². The number of nitrogens with one attached hydrogen (secondary N) is 1. The number of quaternary nitrogens is 1. The molecule has 4 rings (SSSR count). The molecule has 1 aliphatic rings. The maximum absolute atomic E-state index is 11.6. The van der Waals surface area contributed by atoms with Gasteiger partial charge in [-0.25, -0.2) is 4.98 Å². The van der Waals surface area contributed by atoms with Crippen molar-refractivity contribution in [2.45, 2.75) is 32.2 Å². The van der Waals surface area contributed by atoms with E-state index in [1.165, 1.54) is 20.8 Å². The number of carbonyl (C=O) groups excluding carboxylic acids is 1. The first kappa shape index (κ1) is 19.7. The smallest absolute Gasteiger partial charge is 0.235 e. The zero-order valence-electron chi connectivity index (χ0n) is 16.6. The second kappa shape index (κ2) is 8.00. The molecule has 9 heteroatoms. The van der Waals surface area contributed by atoms with Gasteiger partial charge in [-0.3, -0.25) is 4.79 Å². The van der Waals surface area contributed by atoms with Crippen molar-refractivity contribution < 1.29 is 19.5 Å². The lowest BCUT2D eigenvalue weighted by atomic mass is 9.93. The Labute approximate surface area is 172 Å². The van der Waals surface area contributed by atoms with E-state index in [-0.39, 0.29) is 23.7 Å². The fraction of sp³-hybridized carbons (Fsp3) is 0.450. The van der Waals surface area contributed by atoms with Gasteiger partial charge in [-0.15, -0.1) is 5.10 Å². The zero-order valence-corrected chi connectivity index (χ0v) is 17.4. The molecule has 1 saturated heterocycles. The normalized spacial score (nSPS) is 20.6. The van der Waals surface area contributed by atoms with E-state index in [1.54, 1.807) is 7.11 Å². The lowest BCUT2D eigenvalue weighted by Crippen LogP contribution is -3.13. The average molecular weight is 417 g/mol. The molecule has 0 aliphatic carbocycles. The number of aromatic nitrogens is 3. The molecule has 1 aromatic carbocycles. The number of methoxy groups -OCH3 is 1. The molecular weight excluding hydrogens is 390 g/mol. The van der Waals surface area contributed by atoms with E-state index >= 15 is 0 Å². The number of hydrogen-bond donors (Lipinski definition) is 3. The summed E-state index contributed by atoms with van der Waals surface area (Å²) in [7, 11) is 1.64. The number of likely N-dealkylation sites (tertiary alicyclic amines) is 1. The number of thiazole rings is 1. The van der Waals surface area contributed by atoms with Crippen LogP contribution in [-0.4, -0.2) is 45.8 Å². The Morgan fingerprint density at radius 1 is 1.38 bits per heavy atom.